The first kappa shape index (κ1) is 12.9. The van der Waals surface area contributed by atoms with Crippen LogP contribution in [0.15, 0.2) is 22.7 Å². The Morgan fingerprint density at radius 3 is 2.82 bits per heavy atom. The van der Waals surface area contributed by atoms with E-state index in [4.69, 9.17) is 5.73 Å². The first-order valence-corrected chi connectivity index (χ1v) is 7.20. The van der Waals surface area contributed by atoms with Crippen molar-refractivity contribution in [3.63, 3.8) is 0 Å². The predicted octanol–water partition coefficient (Wildman–Crippen LogP) is 3.85. The topological polar surface area (TPSA) is 29.3 Å². The molecule has 0 radical (unpaired) electrons. The van der Waals surface area contributed by atoms with Gasteiger partial charge in [0.15, 0.2) is 0 Å². The Labute approximate surface area is 112 Å². The molecule has 1 fully saturated rings. The highest BCUT2D eigenvalue weighted by Gasteiger charge is 2.21. The van der Waals surface area contributed by atoms with E-state index in [9.17, 15) is 0 Å². The number of anilines is 1. The van der Waals surface area contributed by atoms with E-state index in [0.29, 0.717) is 6.04 Å². The molecule has 0 spiro atoms. The molecule has 1 aromatic carbocycles. The van der Waals surface area contributed by atoms with Crippen LogP contribution in [0.25, 0.3) is 0 Å². The summed E-state index contributed by atoms with van der Waals surface area (Å²) in [4.78, 5) is 2.51. The summed E-state index contributed by atoms with van der Waals surface area (Å²) in [5.74, 6) is 0. The van der Waals surface area contributed by atoms with Crippen molar-refractivity contribution in [3.05, 3.63) is 28.2 Å². The molecule has 2 rings (SSSR count). The second-order valence-electron chi connectivity index (χ2n) is 5.03. The molecule has 1 heterocycles. The van der Waals surface area contributed by atoms with Crippen LogP contribution in [0.2, 0.25) is 0 Å². The minimum Gasteiger partial charge on any atom is -0.369 e. The zero-order valence-corrected chi connectivity index (χ0v) is 12.2. The number of benzene rings is 1. The van der Waals surface area contributed by atoms with Crippen LogP contribution in [0.1, 0.15) is 44.7 Å². The number of halogens is 1. The van der Waals surface area contributed by atoms with Gasteiger partial charge in [-0.2, -0.15) is 0 Å². The lowest BCUT2D eigenvalue weighted by Crippen LogP contribution is -2.38. The smallest absolute Gasteiger partial charge is 0.0417 e. The molecule has 1 saturated heterocycles. The van der Waals surface area contributed by atoms with Gasteiger partial charge in [0.1, 0.15) is 0 Å². The van der Waals surface area contributed by atoms with E-state index in [-0.39, 0.29) is 6.04 Å². The third-order valence-electron chi connectivity index (χ3n) is 3.59. The molecule has 1 aliphatic rings. The molecule has 0 bridgehead atoms. The normalized spacial score (nSPS) is 22.6. The summed E-state index contributed by atoms with van der Waals surface area (Å²) in [6.45, 7) is 5.52. The molecule has 0 saturated carbocycles. The second-order valence-corrected chi connectivity index (χ2v) is 5.95. The van der Waals surface area contributed by atoms with E-state index in [0.717, 1.165) is 11.0 Å². The van der Waals surface area contributed by atoms with E-state index in [1.54, 1.807) is 0 Å². The third kappa shape index (κ3) is 2.83. The van der Waals surface area contributed by atoms with Crippen molar-refractivity contribution in [2.75, 3.05) is 11.4 Å². The summed E-state index contributed by atoms with van der Waals surface area (Å²) in [5.41, 5.74) is 8.65. The fourth-order valence-corrected chi connectivity index (χ4v) is 2.99. The van der Waals surface area contributed by atoms with Gasteiger partial charge in [-0.25, -0.2) is 0 Å². The number of hydrogen-bond donors (Lipinski definition) is 1. The van der Waals surface area contributed by atoms with Crippen molar-refractivity contribution < 1.29 is 0 Å². The van der Waals surface area contributed by atoms with Gasteiger partial charge in [0.2, 0.25) is 0 Å². The molecule has 1 aromatic rings. The quantitative estimate of drug-likeness (QED) is 0.898. The average Bonchev–Trinajstić information content (AvgIpc) is 2.30. The van der Waals surface area contributed by atoms with E-state index in [1.165, 1.54) is 30.5 Å². The van der Waals surface area contributed by atoms with Gasteiger partial charge in [0.05, 0.1) is 0 Å². The van der Waals surface area contributed by atoms with Gasteiger partial charge in [-0.3, -0.25) is 0 Å². The monoisotopic (exact) mass is 296 g/mol. The van der Waals surface area contributed by atoms with Crippen LogP contribution in [0, 0.1) is 0 Å². The molecular weight excluding hydrogens is 276 g/mol. The van der Waals surface area contributed by atoms with Crippen LogP contribution in [0.4, 0.5) is 5.69 Å². The molecule has 17 heavy (non-hydrogen) atoms. The minimum absolute atomic E-state index is 0.0802. The maximum Gasteiger partial charge on any atom is 0.0417 e. The summed E-state index contributed by atoms with van der Waals surface area (Å²) in [7, 11) is 0. The van der Waals surface area contributed by atoms with Crippen molar-refractivity contribution in [2.24, 2.45) is 5.73 Å². The summed E-state index contributed by atoms with van der Waals surface area (Å²) >= 11 is 3.53. The maximum atomic E-state index is 6.09. The van der Waals surface area contributed by atoms with Gasteiger partial charge in [-0.15, -0.1) is 0 Å². The van der Waals surface area contributed by atoms with Gasteiger partial charge in [0.25, 0.3) is 0 Å². The largest absolute Gasteiger partial charge is 0.369 e. The Morgan fingerprint density at radius 1 is 1.41 bits per heavy atom. The predicted molar refractivity (Wildman–Crippen MR) is 77.4 cm³/mol. The highest BCUT2D eigenvalue weighted by molar-refractivity contribution is 9.10. The molecule has 94 valence electrons. The molecule has 2 nitrogen and oxygen atoms in total. The lowest BCUT2D eigenvalue weighted by atomic mass is 9.99. The molecular formula is C14H21BrN2. The number of rotatable bonds is 2. The van der Waals surface area contributed by atoms with Crippen LogP contribution < -0.4 is 10.6 Å². The third-order valence-corrected chi connectivity index (χ3v) is 4.09. The Bertz CT molecular complexity index is 390. The van der Waals surface area contributed by atoms with Gasteiger partial charge in [-0.05, 0) is 56.9 Å². The minimum atomic E-state index is 0.0802. The van der Waals surface area contributed by atoms with Crippen molar-refractivity contribution >= 4 is 21.6 Å². The number of nitrogens with two attached hydrogens (primary N) is 1. The van der Waals surface area contributed by atoms with Crippen molar-refractivity contribution in [1.29, 1.82) is 0 Å². The van der Waals surface area contributed by atoms with E-state index >= 15 is 0 Å². The van der Waals surface area contributed by atoms with Crippen LogP contribution >= 0.6 is 15.9 Å². The zero-order valence-electron chi connectivity index (χ0n) is 10.6. The highest BCUT2D eigenvalue weighted by atomic mass is 79.9. The maximum absolute atomic E-state index is 6.09. The highest BCUT2D eigenvalue weighted by Crippen LogP contribution is 2.32. The van der Waals surface area contributed by atoms with Crippen molar-refractivity contribution in [3.8, 4) is 0 Å². The molecule has 0 amide bonds. The van der Waals surface area contributed by atoms with Gasteiger partial charge in [-0.1, -0.05) is 15.9 Å². The average molecular weight is 297 g/mol. The molecule has 2 N–H and O–H groups in total. The van der Waals surface area contributed by atoms with Gasteiger partial charge >= 0.3 is 0 Å². The molecule has 3 heteroatoms. The summed E-state index contributed by atoms with van der Waals surface area (Å²) < 4.78 is 1.11. The van der Waals surface area contributed by atoms with Crippen LogP contribution in [0.5, 0.6) is 0 Å². The summed E-state index contributed by atoms with van der Waals surface area (Å²) in [6.07, 6.45) is 3.93. The molecule has 1 aliphatic heterocycles. The SMILES string of the molecule is CC(N)c1cc(Br)ccc1N1CCCCC1C. The molecule has 0 aliphatic carbocycles. The fourth-order valence-electron chi connectivity index (χ4n) is 2.61. The molecule has 0 aromatic heterocycles. The summed E-state index contributed by atoms with van der Waals surface area (Å²) in [6, 6.07) is 7.17. The standard InChI is InChI=1S/C14H21BrN2/c1-10-5-3-4-8-17(10)14-7-6-12(15)9-13(14)11(2)16/h6-7,9-11H,3-5,8,16H2,1-2H3. The lowest BCUT2D eigenvalue weighted by molar-refractivity contribution is 0.483. The van der Waals surface area contributed by atoms with Gasteiger partial charge in [0, 0.05) is 28.8 Å². The number of nitrogens with zero attached hydrogens (tertiary/aromatic N) is 1. The lowest BCUT2D eigenvalue weighted by Gasteiger charge is -2.37. The summed E-state index contributed by atoms with van der Waals surface area (Å²) in [5, 5.41) is 0. The Kier molecular flexibility index (Phi) is 4.10. The molecule has 2 atom stereocenters. The van der Waals surface area contributed by atoms with E-state index in [2.05, 4.69) is 52.9 Å². The Balaban J connectivity index is 2.36. The molecule has 2 unspecified atom stereocenters. The van der Waals surface area contributed by atoms with Crippen LogP contribution in [0.3, 0.4) is 0 Å². The first-order chi connectivity index (χ1) is 8.09. The van der Waals surface area contributed by atoms with E-state index in [1.807, 2.05) is 0 Å². The van der Waals surface area contributed by atoms with Crippen LogP contribution in [-0.2, 0) is 0 Å². The number of hydrogen-bond acceptors (Lipinski definition) is 2. The first-order valence-electron chi connectivity index (χ1n) is 6.41. The fraction of sp³-hybridized carbons (Fsp3) is 0.571. The van der Waals surface area contributed by atoms with E-state index < -0.39 is 0 Å². The van der Waals surface area contributed by atoms with Crippen molar-refractivity contribution in [1.82, 2.24) is 0 Å². The number of piperidine rings is 1. The Morgan fingerprint density at radius 2 is 2.18 bits per heavy atom. The van der Waals surface area contributed by atoms with Gasteiger partial charge < -0.3 is 10.6 Å². The Hall–Kier alpha value is -0.540. The second kappa shape index (κ2) is 5.40. The zero-order chi connectivity index (χ0) is 12.4. The van der Waals surface area contributed by atoms with Crippen molar-refractivity contribution in [2.45, 2.75) is 45.2 Å². The van der Waals surface area contributed by atoms with Crippen LogP contribution in [-0.4, -0.2) is 12.6 Å².